The summed E-state index contributed by atoms with van der Waals surface area (Å²) in [4.78, 5) is 27.4. The van der Waals surface area contributed by atoms with Crippen LogP contribution in [0.2, 0.25) is 0 Å². The van der Waals surface area contributed by atoms with Crippen LogP contribution in [0.15, 0.2) is 6.07 Å². The van der Waals surface area contributed by atoms with Gasteiger partial charge in [-0.3, -0.25) is 4.79 Å². The number of unbranched alkanes of at least 4 members (excludes halogenated alkanes) is 1. The first-order valence-electron chi connectivity index (χ1n) is 8.07. The van der Waals surface area contributed by atoms with Crippen LogP contribution in [-0.4, -0.2) is 61.0 Å². The molecule has 6 heteroatoms. The van der Waals surface area contributed by atoms with Crippen molar-refractivity contribution in [3.63, 3.8) is 0 Å². The highest BCUT2D eigenvalue weighted by Gasteiger charge is 2.22. The number of piperazine rings is 1. The maximum atomic E-state index is 12.1. The first-order chi connectivity index (χ1) is 10.5. The first-order valence-corrected chi connectivity index (χ1v) is 8.07. The average molecular weight is 305 g/mol. The van der Waals surface area contributed by atoms with Crippen molar-refractivity contribution >= 4 is 17.7 Å². The van der Waals surface area contributed by atoms with Gasteiger partial charge >= 0.3 is 0 Å². The van der Waals surface area contributed by atoms with Crippen LogP contribution < -0.4 is 9.80 Å². The van der Waals surface area contributed by atoms with Crippen molar-refractivity contribution in [2.24, 2.45) is 0 Å². The molecule has 0 aromatic carbocycles. The Hall–Kier alpha value is -1.85. The number of amides is 1. The molecule has 1 aliphatic rings. The number of aromatic nitrogens is 2. The number of hydrogen-bond donors (Lipinski definition) is 0. The second-order valence-electron chi connectivity index (χ2n) is 6.03. The van der Waals surface area contributed by atoms with Gasteiger partial charge in [0, 0.05) is 58.5 Å². The third-order valence-electron chi connectivity index (χ3n) is 3.95. The molecule has 122 valence electrons. The summed E-state index contributed by atoms with van der Waals surface area (Å²) in [6, 6.07) is 1.98. The first kappa shape index (κ1) is 16.5. The van der Waals surface area contributed by atoms with E-state index >= 15 is 0 Å². The zero-order chi connectivity index (χ0) is 16.1. The maximum Gasteiger partial charge on any atom is 0.227 e. The summed E-state index contributed by atoms with van der Waals surface area (Å²) in [6.07, 6.45) is 2.71. The van der Waals surface area contributed by atoms with Crippen LogP contribution in [-0.2, 0) is 4.79 Å². The predicted octanol–water partition coefficient (Wildman–Crippen LogP) is 1.69. The van der Waals surface area contributed by atoms with Crippen LogP contribution in [0.5, 0.6) is 0 Å². The van der Waals surface area contributed by atoms with Gasteiger partial charge in [-0.1, -0.05) is 13.3 Å². The summed E-state index contributed by atoms with van der Waals surface area (Å²) < 4.78 is 0. The number of carbonyl (C=O) groups is 1. The summed E-state index contributed by atoms with van der Waals surface area (Å²) in [5.74, 6) is 1.97. The Labute approximate surface area is 133 Å². The molecular weight excluding hydrogens is 278 g/mol. The molecule has 1 aliphatic heterocycles. The average Bonchev–Trinajstić information content (AvgIpc) is 2.52. The molecule has 1 aromatic heterocycles. The Morgan fingerprint density at radius 3 is 2.50 bits per heavy atom. The molecule has 0 saturated carbocycles. The summed E-state index contributed by atoms with van der Waals surface area (Å²) >= 11 is 0. The lowest BCUT2D eigenvalue weighted by molar-refractivity contribution is -0.131. The van der Waals surface area contributed by atoms with Crippen molar-refractivity contribution in [2.45, 2.75) is 33.1 Å². The molecule has 2 heterocycles. The van der Waals surface area contributed by atoms with Gasteiger partial charge in [0.2, 0.25) is 11.9 Å². The van der Waals surface area contributed by atoms with E-state index in [0.29, 0.717) is 6.42 Å². The molecule has 2 rings (SSSR count). The predicted molar refractivity (Wildman–Crippen MR) is 89.4 cm³/mol. The van der Waals surface area contributed by atoms with Gasteiger partial charge in [0.1, 0.15) is 5.82 Å². The van der Waals surface area contributed by atoms with E-state index in [0.717, 1.165) is 56.5 Å². The molecule has 0 N–H and O–H groups in total. The molecule has 0 aliphatic carbocycles. The minimum Gasteiger partial charge on any atom is -0.363 e. The minimum absolute atomic E-state index is 0.278. The van der Waals surface area contributed by atoms with E-state index in [1.807, 2.05) is 36.9 Å². The molecule has 0 unspecified atom stereocenters. The SMILES string of the molecule is CCCCC(=O)N1CCN(c2nc(C)cc(N(C)C)n2)CC1. The molecule has 1 aromatic rings. The monoisotopic (exact) mass is 305 g/mol. The quantitative estimate of drug-likeness (QED) is 0.828. The largest absolute Gasteiger partial charge is 0.363 e. The number of aryl methyl sites for hydroxylation is 1. The topological polar surface area (TPSA) is 52.6 Å². The molecular formula is C16H27N5O. The second-order valence-corrected chi connectivity index (χ2v) is 6.03. The standard InChI is InChI=1S/C16H27N5O/c1-5-6-7-15(22)20-8-10-21(11-9-20)16-17-13(2)12-14(18-16)19(3)4/h12H,5-11H2,1-4H3. The Kier molecular flexibility index (Phi) is 5.57. The van der Waals surface area contributed by atoms with Crippen molar-refractivity contribution in [2.75, 3.05) is 50.1 Å². The van der Waals surface area contributed by atoms with Crippen LogP contribution in [0.1, 0.15) is 31.9 Å². The smallest absolute Gasteiger partial charge is 0.227 e. The Bertz CT molecular complexity index is 509. The number of anilines is 2. The van der Waals surface area contributed by atoms with E-state index in [9.17, 15) is 4.79 Å². The zero-order valence-electron chi connectivity index (χ0n) is 14.2. The van der Waals surface area contributed by atoms with E-state index in [4.69, 9.17) is 0 Å². The van der Waals surface area contributed by atoms with Gasteiger partial charge < -0.3 is 14.7 Å². The molecule has 0 bridgehead atoms. The molecule has 22 heavy (non-hydrogen) atoms. The molecule has 1 amide bonds. The van der Waals surface area contributed by atoms with Crippen molar-refractivity contribution in [1.82, 2.24) is 14.9 Å². The highest BCUT2D eigenvalue weighted by atomic mass is 16.2. The maximum absolute atomic E-state index is 12.1. The zero-order valence-corrected chi connectivity index (χ0v) is 14.2. The molecule has 1 fully saturated rings. The Balaban J connectivity index is 1.98. The van der Waals surface area contributed by atoms with Gasteiger partial charge in [0.05, 0.1) is 0 Å². The number of carbonyl (C=O) groups excluding carboxylic acids is 1. The van der Waals surface area contributed by atoms with Gasteiger partial charge in [0.25, 0.3) is 0 Å². The van der Waals surface area contributed by atoms with Crippen molar-refractivity contribution < 1.29 is 4.79 Å². The van der Waals surface area contributed by atoms with E-state index in [2.05, 4.69) is 21.8 Å². The Morgan fingerprint density at radius 1 is 1.23 bits per heavy atom. The summed E-state index contributed by atoms with van der Waals surface area (Å²) in [6.45, 7) is 7.22. The minimum atomic E-state index is 0.278. The van der Waals surface area contributed by atoms with E-state index in [1.54, 1.807) is 0 Å². The normalized spacial score (nSPS) is 15.1. The van der Waals surface area contributed by atoms with Gasteiger partial charge in [0.15, 0.2) is 0 Å². The summed E-state index contributed by atoms with van der Waals surface area (Å²) in [7, 11) is 3.96. The third-order valence-corrected chi connectivity index (χ3v) is 3.95. The van der Waals surface area contributed by atoms with Crippen molar-refractivity contribution in [1.29, 1.82) is 0 Å². The lowest BCUT2D eigenvalue weighted by Crippen LogP contribution is -2.49. The highest BCUT2D eigenvalue weighted by Crippen LogP contribution is 2.17. The number of nitrogens with zero attached hydrogens (tertiary/aromatic N) is 5. The Morgan fingerprint density at radius 2 is 1.91 bits per heavy atom. The summed E-state index contributed by atoms with van der Waals surface area (Å²) in [5, 5.41) is 0. The number of hydrogen-bond acceptors (Lipinski definition) is 5. The highest BCUT2D eigenvalue weighted by molar-refractivity contribution is 5.76. The third kappa shape index (κ3) is 4.08. The van der Waals surface area contributed by atoms with Crippen LogP contribution in [0.25, 0.3) is 0 Å². The van der Waals surface area contributed by atoms with Crippen molar-refractivity contribution in [3.8, 4) is 0 Å². The lowest BCUT2D eigenvalue weighted by Gasteiger charge is -2.35. The fourth-order valence-corrected chi connectivity index (χ4v) is 2.55. The van der Waals surface area contributed by atoms with E-state index in [1.165, 1.54) is 0 Å². The van der Waals surface area contributed by atoms with Gasteiger partial charge in [-0.15, -0.1) is 0 Å². The molecule has 0 spiro atoms. The lowest BCUT2D eigenvalue weighted by atomic mass is 10.2. The molecule has 1 saturated heterocycles. The molecule has 0 atom stereocenters. The van der Waals surface area contributed by atoms with Crippen molar-refractivity contribution in [3.05, 3.63) is 11.8 Å². The van der Waals surface area contributed by atoms with Crippen LogP contribution in [0.4, 0.5) is 11.8 Å². The van der Waals surface area contributed by atoms with Crippen LogP contribution in [0.3, 0.4) is 0 Å². The second kappa shape index (κ2) is 7.42. The van der Waals surface area contributed by atoms with Gasteiger partial charge in [-0.25, -0.2) is 4.98 Å². The van der Waals surface area contributed by atoms with Crippen LogP contribution >= 0.6 is 0 Å². The number of rotatable bonds is 5. The van der Waals surface area contributed by atoms with Crippen LogP contribution in [0, 0.1) is 6.92 Å². The van der Waals surface area contributed by atoms with E-state index in [-0.39, 0.29) is 5.91 Å². The fraction of sp³-hybridized carbons (Fsp3) is 0.688. The molecule has 0 radical (unpaired) electrons. The fourth-order valence-electron chi connectivity index (χ4n) is 2.55. The molecule has 6 nitrogen and oxygen atoms in total. The van der Waals surface area contributed by atoms with E-state index < -0.39 is 0 Å². The van der Waals surface area contributed by atoms with Gasteiger partial charge in [-0.05, 0) is 13.3 Å². The van der Waals surface area contributed by atoms with Gasteiger partial charge in [-0.2, -0.15) is 4.98 Å². The summed E-state index contributed by atoms with van der Waals surface area (Å²) in [5.41, 5.74) is 0.968.